The Morgan fingerprint density at radius 1 is 1.56 bits per heavy atom. The zero-order chi connectivity index (χ0) is 13.0. The minimum Gasteiger partial charge on any atom is -0.481 e. The van der Waals surface area contributed by atoms with Crippen molar-refractivity contribution in [3.05, 3.63) is 24.5 Å². The molecular formula is C12H15N3O3. The number of pyridine rings is 1. The number of aliphatic carboxylic acids is 1. The van der Waals surface area contributed by atoms with E-state index in [0.717, 1.165) is 6.42 Å². The van der Waals surface area contributed by atoms with Gasteiger partial charge < -0.3 is 15.3 Å². The molecule has 1 unspecified atom stereocenters. The number of nitrogens with zero attached hydrogens (tertiary/aromatic N) is 2. The number of carbonyl (C=O) groups excluding carboxylic acids is 1. The lowest BCUT2D eigenvalue weighted by Crippen LogP contribution is -2.33. The van der Waals surface area contributed by atoms with Crippen molar-refractivity contribution < 1.29 is 14.7 Å². The molecule has 18 heavy (non-hydrogen) atoms. The molecule has 1 aliphatic heterocycles. The second kappa shape index (κ2) is 5.48. The van der Waals surface area contributed by atoms with Crippen LogP contribution < -0.4 is 5.32 Å². The Labute approximate surface area is 105 Å². The van der Waals surface area contributed by atoms with Crippen molar-refractivity contribution in [2.75, 3.05) is 18.4 Å². The summed E-state index contributed by atoms with van der Waals surface area (Å²) in [6.07, 6.45) is 4.07. The molecule has 1 saturated heterocycles. The Kier molecular flexibility index (Phi) is 3.76. The highest BCUT2D eigenvalue weighted by Crippen LogP contribution is 2.20. The van der Waals surface area contributed by atoms with E-state index in [1.807, 2.05) is 0 Å². The summed E-state index contributed by atoms with van der Waals surface area (Å²) in [4.78, 5) is 28.0. The second-order valence-electron chi connectivity index (χ2n) is 4.37. The molecule has 0 bridgehead atoms. The largest absolute Gasteiger partial charge is 0.481 e. The van der Waals surface area contributed by atoms with Gasteiger partial charge in [0.05, 0.1) is 11.9 Å². The van der Waals surface area contributed by atoms with Gasteiger partial charge in [-0.1, -0.05) is 0 Å². The van der Waals surface area contributed by atoms with Gasteiger partial charge in [0, 0.05) is 25.7 Å². The first-order chi connectivity index (χ1) is 8.65. The normalized spacial score (nSPS) is 18.7. The van der Waals surface area contributed by atoms with Crippen molar-refractivity contribution in [3.8, 4) is 0 Å². The van der Waals surface area contributed by atoms with Crippen molar-refractivity contribution in [3.63, 3.8) is 0 Å². The molecule has 0 spiro atoms. The minimum atomic E-state index is -0.811. The van der Waals surface area contributed by atoms with E-state index < -0.39 is 5.97 Å². The van der Waals surface area contributed by atoms with Gasteiger partial charge in [-0.05, 0) is 24.5 Å². The van der Waals surface area contributed by atoms with Gasteiger partial charge in [0.1, 0.15) is 0 Å². The van der Waals surface area contributed by atoms with Gasteiger partial charge in [0.2, 0.25) is 0 Å². The summed E-state index contributed by atoms with van der Waals surface area (Å²) in [5, 5.41) is 11.4. The lowest BCUT2D eigenvalue weighted by Gasteiger charge is -2.16. The first-order valence-corrected chi connectivity index (χ1v) is 5.83. The van der Waals surface area contributed by atoms with Crippen molar-refractivity contribution in [2.24, 2.45) is 5.92 Å². The van der Waals surface area contributed by atoms with Crippen molar-refractivity contribution in [1.82, 2.24) is 9.88 Å². The van der Waals surface area contributed by atoms with Crippen LogP contribution in [0.25, 0.3) is 0 Å². The minimum absolute atomic E-state index is 0.0575. The molecule has 1 aromatic rings. The summed E-state index contributed by atoms with van der Waals surface area (Å²) in [6.45, 7) is 1.10. The Morgan fingerprint density at radius 2 is 2.39 bits per heavy atom. The summed E-state index contributed by atoms with van der Waals surface area (Å²) < 4.78 is 0. The van der Waals surface area contributed by atoms with Gasteiger partial charge in [-0.3, -0.25) is 9.78 Å². The Balaban J connectivity index is 1.86. The van der Waals surface area contributed by atoms with Crippen LogP contribution >= 0.6 is 0 Å². The molecule has 96 valence electrons. The van der Waals surface area contributed by atoms with Crippen LogP contribution in [0.5, 0.6) is 0 Å². The van der Waals surface area contributed by atoms with Crippen LogP contribution in [0.1, 0.15) is 12.8 Å². The van der Waals surface area contributed by atoms with Crippen LogP contribution in [0.15, 0.2) is 24.5 Å². The molecule has 1 aromatic heterocycles. The first kappa shape index (κ1) is 12.3. The maximum Gasteiger partial charge on any atom is 0.321 e. The fourth-order valence-electron chi connectivity index (χ4n) is 2.07. The van der Waals surface area contributed by atoms with E-state index in [-0.39, 0.29) is 18.4 Å². The second-order valence-corrected chi connectivity index (χ2v) is 4.37. The van der Waals surface area contributed by atoms with Crippen LogP contribution in [0.3, 0.4) is 0 Å². The number of rotatable bonds is 3. The number of urea groups is 1. The maximum absolute atomic E-state index is 11.9. The fraction of sp³-hybridized carbons (Fsp3) is 0.417. The van der Waals surface area contributed by atoms with Crippen molar-refractivity contribution in [1.29, 1.82) is 0 Å². The number of amides is 2. The van der Waals surface area contributed by atoms with E-state index in [0.29, 0.717) is 18.8 Å². The molecule has 0 saturated carbocycles. The smallest absolute Gasteiger partial charge is 0.321 e. The molecule has 6 nitrogen and oxygen atoms in total. The summed E-state index contributed by atoms with van der Waals surface area (Å²) in [5.74, 6) is -0.753. The number of carboxylic acids is 1. The third kappa shape index (κ3) is 3.19. The zero-order valence-electron chi connectivity index (χ0n) is 9.87. The van der Waals surface area contributed by atoms with E-state index in [4.69, 9.17) is 5.11 Å². The number of nitrogens with one attached hydrogen (secondary N) is 1. The molecule has 1 atom stereocenters. The number of anilines is 1. The van der Waals surface area contributed by atoms with E-state index in [2.05, 4.69) is 10.3 Å². The van der Waals surface area contributed by atoms with E-state index in [9.17, 15) is 9.59 Å². The number of hydrogen-bond donors (Lipinski definition) is 2. The van der Waals surface area contributed by atoms with Crippen LogP contribution in [0.4, 0.5) is 10.5 Å². The third-order valence-corrected chi connectivity index (χ3v) is 2.95. The predicted molar refractivity (Wildman–Crippen MR) is 65.2 cm³/mol. The molecule has 2 amide bonds. The summed E-state index contributed by atoms with van der Waals surface area (Å²) >= 11 is 0. The highest BCUT2D eigenvalue weighted by atomic mass is 16.4. The Morgan fingerprint density at radius 3 is 3.06 bits per heavy atom. The van der Waals surface area contributed by atoms with Gasteiger partial charge >= 0.3 is 12.0 Å². The molecule has 6 heteroatoms. The summed E-state index contributed by atoms with van der Waals surface area (Å²) in [6, 6.07) is 3.30. The first-order valence-electron chi connectivity index (χ1n) is 5.83. The number of carboxylic acid groups (broad SMARTS) is 1. The highest BCUT2D eigenvalue weighted by molar-refractivity contribution is 5.89. The molecule has 2 heterocycles. The molecule has 0 radical (unpaired) electrons. The van der Waals surface area contributed by atoms with Gasteiger partial charge in [0.25, 0.3) is 0 Å². The average molecular weight is 249 g/mol. The standard InChI is InChI=1S/C12H15N3O3/c16-11(17)6-9-3-5-15(8-9)12(18)14-10-2-1-4-13-7-10/h1-2,4,7,9H,3,5-6,8H2,(H,14,18)(H,16,17). The molecule has 0 aliphatic carbocycles. The van der Waals surface area contributed by atoms with Crippen LogP contribution in [0.2, 0.25) is 0 Å². The lowest BCUT2D eigenvalue weighted by molar-refractivity contribution is -0.138. The summed E-state index contributed by atoms with van der Waals surface area (Å²) in [5.41, 5.74) is 0.643. The molecule has 2 rings (SSSR count). The monoisotopic (exact) mass is 249 g/mol. The molecule has 1 fully saturated rings. The van der Waals surface area contributed by atoms with E-state index in [1.54, 1.807) is 29.4 Å². The van der Waals surface area contributed by atoms with Crippen molar-refractivity contribution >= 4 is 17.7 Å². The van der Waals surface area contributed by atoms with E-state index >= 15 is 0 Å². The number of aromatic nitrogens is 1. The molecule has 0 aromatic carbocycles. The topological polar surface area (TPSA) is 82.5 Å². The number of carbonyl (C=O) groups is 2. The SMILES string of the molecule is O=C(O)CC1CCN(C(=O)Nc2cccnc2)C1. The zero-order valence-corrected chi connectivity index (χ0v) is 9.87. The highest BCUT2D eigenvalue weighted by Gasteiger charge is 2.27. The third-order valence-electron chi connectivity index (χ3n) is 2.95. The van der Waals surface area contributed by atoms with Crippen LogP contribution in [-0.4, -0.2) is 40.1 Å². The quantitative estimate of drug-likeness (QED) is 0.848. The summed E-state index contributed by atoms with van der Waals surface area (Å²) in [7, 11) is 0. The fourth-order valence-corrected chi connectivity index (χ4v) is 2.07. The van der Waals surface area contributed by atoms with Gasteiger partial charge in [0.15, 0.2) is 0 Å². The van der Waals surface area contributed by atoms with Crippen LogP contribution in [-0.2, 0) is 4.79 Å². The molecular weight excluding hydrogens is 234 g/mol. The Bertz CT molecular complexity index is 435. The number of hydrogen-bond acceptors (Lipinski definition) is 3. The van der Waals surface area contributed by atoms with Gasteiger partial charge in [-0.2, -0.15) is 0 Å². The Hall–Kier alpha value is -2.11. The van der Waals surface area contributed by atoms with Gasteiger partial charge in [-0.25, -0.2) is 4.79 Å². The molecule has 2 N–H and O–H groups in total. The van der Waals surface area contributed by atoms with Crippen LogP contribution in [0, 0.1) is 5.92 Å². The lowest BCUT2D eigenvalue weighted by atomic mass is 10.1. The van der Waals surface area contributed by atoms with Crippen molar-refractivity contribution in [2.45, 2.75) is 12.8 Å². The average Bonchev–Trinajstić information content (AvgIpc) is 2.78. The van der Waals surface area contributed by atoms with E-state index in [1.165, 1.54) is 0 Å². The predicted octanol–water partition coefficient (Wildman–Crippen LogP) is 1.41. The molecule has 1 aliphatic rings. The number of likely N-dealkylation sites (tertiary alicyclic amines) is 1. The van der Waals surface area contributed by atoms with Gasteiger partial charge in [-0.15, -0.1) is 0 Å². The maximum atomic E-state index is 11.9.